The number of nitrogens with two attached hydrogens (primary N) is 1. The van der Waals surface area contributed by atoms with Gasteiger partial charge < -0.3 is 15.5 Å². The predicted octanol–water partition coefficient (Wildman–Crippen LogP) is 0.770. The molecule has 1 saturated carbocycles. The first-order valence-electron chi connectivity index (χ1n) is 6.58. The van der Waals surface area contributed by atoms with Crippen molar-refractivity contribution in [2.75, 3.05) is 34.2 Å². The number of hydrogen-bond donors (Lipinski definition) is 1. The Kier molecular flexibility index (Phi) is 5.40. The molecule has 1 aliphatic carbocycles. The molecule has 3 atom stereocenters. The fourth-order valence-corrected chi connectivity index (χ4v) is 2.60. The third kappa shape index (κ3) is 3.96. The van der Waals surface area contributed by atoms with E-state index in [4.69, 9.17) is 5.73 Å². The monoisotopic (exact) mass is 241 g/mol. The molecule has 0 heterocycles. The largest absolute Gasteiger partial charge is 0.344 e. The summed E-state index contributed by atoms with van der Waals surface area (Å²) < 4.78 is 0. The molecule has 2 N–H and O–H groups in total. The molecule has 0 radical (unpaired) electrons. The molecule has 4 heteroatoms. The SMILES string of the molecule is CC1CCCC(N)C1C(=O)N(C)CCN(C)C. The molecular formula is C13H27N3O. The van der Waals surface area contributed by atoms with Crippen LogP contribution in [0, 0.1) is 11.8 Å². The lowest BCUT2D eigenvalue weighted by Crippen LogP contribution is -2.48. The van der Waals surface area contributed by atoms with Crippen LogP contribution in [0.15, 0.2) is 0 Å². The minimum absolute atomic E-state index is 0.0240. The Balaban J connectivity index is 2.54. The second-order valence-electron chi connectivity index (χ2n) is 5.66. The molecule has 1 aliphatic rings. The number of hydrogen-bond acceptors (Lipinski definition) is 3. The first kappa shape index (κ1) is 14.5. The van der Waals surface area contributed by atoms with Crippen LogP contribution in [0.3, 0.4) is 0 Å². The average molecular weight is 241 g/mol. The molecule has 0 spiro atoms. The van der Waals surface area contributed by atoms with E-state index in [0.29, 0.717) is 5.92 Å². The first-order valence-corrected chi connectivity index (χ1v) is 6.58. The molecule has 4 nitrogen and oxygen atoms in total. The van der Waals surface area contributed by atoms with E-state index in [1.54, 1.807) is 0 Å². The summed E-state index contributed by atoms with van der Waals surface area (Å²) in [6.07, 6.45) is 3.28. The summed E-state index contributed by atoms with van der Waals surface area (Å²) in [5.41, 5.74) is 6.11. The molecule has 0 aromatic heterocycles. The second kappa shape index (κ2) is 6.36. The van der Waals surface area contributed by atoms with Gasteiger partial charge in [-0.2, -0.15) is 0 Å². The normalized spacial score (nSPS) is 29.4. The number of nitrogens with zero attached hydrogens (tertiary/aromatic N) is 2. The van der Waals surface area contributed by atoms with Crippen LogP contribution in [0.5, 0.6) is 0 Å². The number of rotatable bonds is 4. The van der Waals surface area contributed by atoms with Gasteiger partial charge in [0.1, 0.15) is 0 Å². The van der Waals surface area contributed by atoms with Crippen molar-refractivity contribution in [1.29, 1.82) is 0 Å². The van der Waals surface area contributed by atoms with E-state index in [1.165, 1.54) is 0 Å². The van der Waals surface area contributed by atoms with Crippen LogP contribution < -0.4 is 5.73 Å². The Morgan fingerprint density at radius 1 is 1.24 bits per heavy atom. The third-order valence-corrected chi connectivity index (χ3v) is 3.82. The van der Waals surface area contributed by atoms with E-state index in [2.05, 4.69) is 11.8 Å². The summed E-state index contributed by atoms with van der Waals surface area (Å²) in [5.74, 6) is 0.676. The summed E-state index contributed by atoms with van der Waals surface area (Å²) in [6.45, 7) is 3.84. The Labute approximate surface area is 105 Å². The van der Waals surface area contributed by atoms with Gasteiger partial charge in [-0.1, -0.05) is 13.3 Å². The first-order chi connectivity index (χ1) is 7.93. The molecule has 1 rings (SSSR count). The van der Waals surface area contributed by atoms with E-state index in [0.717, 1.165) is 32.4 Å². The summed E-state index contributed by atoms with van der Waals surface area (Å²) >= 11 is 0. The molecule has 1 amide bonds. The second-order valence-corrected chi connectivity index (χ2v) is 5.66. The van der Waals surface area contributed by atoms with Crippen LogP contribution in [0.1, 0.15) is 26.2 Å². The van der Waals surface area contributed by atoms with Gasteiger partial charge in [0.2, 0.25) is 5.91 Å². The van der Waals surface area contributed by atoms with Gasteiger partial charge >= 0.3 is 0 Å². The van der Waals surface area contributed by atoms with Gasteiger partial charge in [0, 0.05) is 26.2 Å². The van der Waals surface area contributed by atoms with Crippen LogP contribution in [0.25, 0.3) is 0 Å². The smallest absolute Gasteiger partial charge is 0.227 e. The molecule has 100 valence electrons. The van der Waals surface area contributed by atoms with Gasteiger partial charge in [-0.3, -0.25) is 4.79 Å². The summed E-state index contributed by atoms with van der Waals surface area (Å²) in [5, 5.41) is 0. The molecule has 0 aliphatic heterocycles. The number of amides is 1. The van der Waals surface area contributed by atoms with E-state index in [9.17, 15) is 4.79 Å². The van der Waals surface area contributed by atoms with E-state index < -0.39 is 0 Å². The molecule has 0 aromatic carbocycles. The quantitative estimate of drug-likeness (QED) is 0.791. The van der Waals surface area contributed by atoms with Crippen LogP contribution in [0.2, 0.25) is 0 Å². The number of carbonyl (C=O) groups is 1. The maximum atomic E-state index is 12.4. The maximum absolute atomic E-state index is 12.4. The standard InChI is InChI=1S/C13H27N3O/c1-10-6-5-7-11(14)12(10)13(17)16(4)9-8-15(2)3/h10-12H,5-9,14H2,1-4H3. The van der Waals surface area contributed by atoms with E-state index in [1.807, 2.05) is 26.0 Å². The third-order valence-electron chi connectivity index (χ3n) is 3.82. The average Bonchev–Trinajstić information content (AvgIpc) is 2.25. The van der Waals surface area contributed by atoms with Crippen LogP contribution in [-0.2, 0) is 4.79 Å². The molecule has 17 heavy (non-hydrogen) atoms. The topological polar surface area (TPSA) is 49.6 Å². The molecule has 3 unspecified atom stereocenters. The van der Waals surface area contributed by atoms with E-state index in [-0.39, 0.29) is 17.9 Å². The fraction of sp³-hybridized carbons (Fsp3) is 0.923. The zero-order chi connectivity index (χ0) is 13.0. The van der Waals surface area contributed by atoms with Crippen molar-refractivity contribution in [3.8, 4) is 0 Å². The van der Waals surface area contributed by atoms with Gasteiger partial charge in [-0.15, -0.1) is 0 Å². The Morgan fingerprint density at radius 2 is 1.88 bits per heavy atom. The van der Waals surface area contributed by atoms with Crippen molar-refractivity contribution in [2.45, 2.75) is 32.2 Å². The highest BCUT2D eigenvalue weighted by atomic mass is 16.2. The minimum Gasteiger partial charge on any atom is -0.344 e. The van der Waals surface area contributed by atoms with Crippen molar-refractivity contribution in [1.82, 2.24) is 9.80 Å². The van der Waals surface area contributed by atoms with Gasteiger partial charge in [0.05, 0.1) is 5.92 Å². The lowest BCUT2D eigenvalue weighted by molar-refractivity contribution is -0.137. The van der Waals surface area contributed by atoms with Crippen molar-refractivity contribution in [2.24, 2.45) is 17.6 Å². The number of likely N-dealkylation sites (N-methyl/N-ethyl adjacent to an activating group) is 2. The highest BCUT2D eigenvalue weighted by molar-refractivity contribution is 5.79. The molecule has 0 bridgehead atoms. The van der Waals surface area contributed by atoms with Gasteiger partial charge in [-0.25, -0.2) is 0 Å². The van der Waals surface area contributed by atoms with Crippen molar-refractivity contribution in [3.63, 3.8) is 0 Å². The van der Waals surface area contributed by atoms with Gasteiger partial charge in [0.15, 0.2) is 0 Å². The van der Waals surface area contributed by atoms with Crippen molar-refractivity contribution >= 4 is 5.91 Å². The van der Waals surface area contributed by atoms with Crippen molar-refractivity contribution < 1.29 is 4.79 Å². The fourth-order valence-electron chi connectivity index (χ4n) is 2.60. The van der Waals surface area contributed by atoms with Crippen molar-refractivity contribution in [3.05, 3.63) is 0 Å². The van der Waals surface area contributed by atoms with Gasteiger partial charge in [-0.05, 0) is 32.9 Å². The molecule has 1 fully saturated rings. The summed E-state index contributed by atoms with van der Waals surface area (Å²) in [6, 6.07) is 0.0491. The molecule has 0 saturated heterocycles. The van der Waals surface area contributed by atoms with Crippen LogP contribution in [0.4, 0.5) is 0 Å². The zero-order valence-electron chi connectivity index (χ0n) is 11.6. The van der Waals surface area contributed by atoms with Gasteiger partial charge in [0.25, 0.3) is 0 Å². The highest BCUT2D eigenvalue weighted by Gasteiger charge is 2.35. The highest BCUT2D eigenvalue weighted by Crippen LogP contribution is 2.30. The molecule has 0 aromatic rings. The minimum atomic E-state index is 0.0240. The zero-order valence-corrected chi connectivity index (χ0v) is 11.6. The van der Waals surface area contributed by atoms with Crippen LogP contribution in [-0.4, -0.2) is 56.0 Å². The lowest BCUT2D eigenvalue weighted by atomic mass is 9.76. The summed E-state index contributed by atoms with van der Waals surface area (Å²) in [4.78, 5) is 16.3. The lowest BCUT2D eigenvalue weighted by Gasteiger charge is -2.36. The summed E-state index contributed by atoms with van der Waals surface area (Å²) in [7, 11) is 5.93. The number of carbonyl (C=O) groups excluding carboxylic acids is 1. The Hall–Kier alpha value is -0.610. The van der Waals surface area contributed by atoms with Crippen LogP contribution >= 0.6 is 0 Å². The van der Waals surface area contributed by atoms with E-state index >= 15 is 0 Å². The maximum Gasteiger partial charge on any atom is 0.227 e. The Bertz CT molecular complexity index is 245. The molecular weight excluding hydrogens is 214 g/mol. The predicted molar refractivity (Wildman–Crippen MR) is 70.7 cm³/mol. The Morgan fingerprint density at radius 3 is 2.41 bits per heavy atom.